The van der Waals surface area contributed by atoms with Gasteiger partial charge in [0.25, 0.3) is 11.7 Å². The summed E-state index contributed by atoms with van der Waals surface area (Å²) in [6.07, 6.45) is 8.20. The number of rotatable bonds is 6. The van der Waals surface area contributed by atoms with Gasteiger partial charge in [-0.15, -0.1) is 5.10 Å². The van der Waals surface area contributed by atoms with E-state index in [0.717, 1.165) is 24.1 Å². The van der Waals surface area contributed by atoms with Crippen molar-refractivity contribution >= 4 is 11.7 Å². The molecule has 0 fully saturated rings. The molecule has 0 bridgehead atoms. The number of aryl methyl sites for hydroxylation is 1. The van der Waals surface area contributed by atoms with Gasteiger partial charge in [-0.2, -0.15) is 10.1 Å². The summed E-state index contributed by atoms with van der Waals surface area (Å²) in [5.41, 5.74) is 2.33. The van der Waals surface area contributed by atoms with Gasteiger partial charge >= 0.3 is 0 Å². The fourth-order valence-corrected chi connectivity index (χ4v) is 2.55. The maximum absolute atomic E-state index is 12.3. The van der Waals surface area contributed by atoms with Crippen LogP contribution in [0, 0.1) is 0 Å². The van der Waals surface area contributed by atoms with Gasteiger partial charge in [0.1, 0.15) is 12.7 Å². The topological polar surface area (TPSA) is 116 Å². The zero-order valence-electron chi connectivity index (χ0n) is 13.7. The van der Waals surface area contributed by atoms with Crippen molar-refractivity contribution in [3.8, 4) is 5.69 Å². The summed E-state index contributed by atoms with van der Waals surface area (Å²) in [5.74, 6) is 0.439. The molecule has 0 unspecified atom stereocenters. The second kappa shape index (κ2) is 7.05. The molecule has 0 aliphatic carbocycles. The average Bonchev–Trinajstić information content (AvgIpc) is 3.36. The van der Waals surface area contributed by atoms with Crippen molar-refractivity contribution in [2.24, 2.45) is 0 Å². The van der Waals surface area contributed by atoms with Gasteiger partial charge in [0.15, 0.2) is 0 Å². The Labute approximate surface area is 147 Å². The van der Waals surface area contributed by atoms with Crippen molar-refractivity contribution in [2.75, 3.05) is 6.54 Å². The number of tetrazole rings is 1. The number of nitrogens with one attached hydrogen (secondary N) is 1. The van der Waals surface area contributed by atoms with Crippen LogP contribution in [0.5, 0.6) is 0 Å². The summed E-state index contributed by atoms with van der Waals surface area (Å²) < 4.78 is 3.14. The second-order valence-corrected chi connectivity index (χ2v) is 5.63. The molecule has 1 N–H and O–H groups in total. The molecule has 1 aromatic carbocycles. The minimum Gasteiger partial charge on any atom is -0.352 e. The first-order chi connectivity index (χ1) is 12.8. The average molecular weight is 349 g/mol. The molecule has 0 spiro atoms. The zero-order valence-corrected chi connectivity index (χ0v) is 13.7. The molecule has 0 aliphatic heterocycles. The van der Waals surface area contributed by atoms with Gasteiger partial charge in [-0.25, -0.2) is 14.2 Å². The number of nitrogens with zero attached hydrogens (tertiary/aromatic N) is 8. The smallest absolute Gasteiger partial charge is 0.252 e. The number of hydrogen-bond donors (Lipinski definition) is 1. The monoisotopic (exact) mass is 349 g/mol. The Morgan fingerprint density at radius 2 is 2.19 bits per heavy atom. The Morgan fingerprint density at radius 1 is 1.23 bits per heavy atom. The minimum atomic E-state index is -0.134. The highest BCUT2D eigenvalue weighted by Crippen LogP contribution is 2.09. The number of carbonyl (C=O) groups is 1. The Balaban J connectivity index is 1.32. The van der Waals surface area contributed by atoms with Crippen molar-refractivity contribution in [1.82, 2.24) is 45.1 Å². The molecule has 4 rings (SSSR count). The van der Waals surface area contributed by atoms with Crippen LogP contribution in [0.4, 0.5) is 0 Å². The SMILES string of the molecule is O=C(NCCCc1cnc2ncnn2c1)c1cccc(-n2cnnn2)c1. The predicted molar refractivity (Wildman–Crippen MR) is 90.6 cm³/mol. The standard InChI is InChI=1S/C16H15N9O/c26-15(13-4-1-5-14(7-13)25-11-20-22-23-25)17-6-2-3-12-8-18-16-19-10-21-24(16)9-12/h1,4-5,7-11H,2-3,6H2,(H,17,26). The molecule has 4 aromatic rings. The first kappa shape index (κ1) is 15.8. The van der Waals surface area contributed by atoms with Crippen LogP contribution in [0.3, 0.4) is 0 Å². The number of fused-ring (bicyclic) bond motifs is 1. The molecule has 0 saturated heterocycles. The number of hydrogen-bond acceptors (Lipinski definition) is 7. The fourth-order valence-electron chi connectivity index (χ4n) is 2.55. The quantitative estimate of drug-likeness (QED) is 0.503. The summed E-state index contributed by atoms with van der Waals surface area (Å²) in [4.78, 5) is 20.5. The second-order valence-electron chi connectivity index (χ2n) is 5.63. The summed E-state index contributed by atoms with van der Waals surface area (Å²) in [5, 5.41) is 18.0. The molecule has 0 atom stereocenters. The van der Waals surface area contributed by atoms with E-state index in [9.17, 15) is 4.79 Å². The first-order valence-electron chi connectivity index (χ1n) is 8.05. The maximum atomic E-state index is 12.3. The van der Waals surface area contributed by atoms with Gasteiger partial charge in [-0.05, 0) is 47.0 Å². The molecule has 0 saturated carbocycles. The fraction of sp³-hybridized carbons (Fsp3) is 0.188. The van der Waals surface area contributed by atoms with Crippen molar-refractivity contribution < 1.29 is 4.79 Å². The van der Waals surface area contributed by atoms with Crippen molar-refractivity contribution in [3.63, 3.8) is 0 Å². The highest BCUT2D eigenvalue weighted by atomic mass is 16.1. The maximum Gasteiger partial charge on any atom is 0.252 e. The van der Waals surface area contributed by atoms with Gasteiger partial charge in [0.05, 0.1) is 5.69 Å². The number of benzene rings is 1. The van der Waals surface area contributed by atoms with Crippen molar-refractivity contribution in [2.45, 2.75) is 12.8 Å². The lowest BCUT2D eigenvalue weighted by Crippen LogP contribution is -2.25. The summed E-state index contributed by atoms with van der Waals surface area (Å²) >= 11 is 0. The molecular formula is C16H15N9O. The Hall–Kier alpha value is -3.69. The lowest BCUT2D eigenvalue weighted by molar-refractivity contribution is 0.0953. The molecule has 0 aliphatic rings. The molecule has 26 heavy (non-hydrogen) atoms. The summed E-state index contributed by atoms with van der Waals surface area (Å²) in [6, 6.07) is 7.13. The van der Waals surface area contributed by atoms with E-state index in [1.807, 2.05) is 12.3 Å². The van der Waals surface area contributed by atoms with E-state index >= 15 is 0 Å². The third-order valence-corrected chi connectivity index (χ3v) is 3.84. The molecule has 130 valence electrons. The zero-order chi connectivity index (χ0) is 17.8. The lowest BCUT2D eigenvalue weighted by atomic mass is 10.1. The molecular weight excluding hydrogens is 334 g/mol. The van der Waals surface area contributed by atoms with Gasteiger partial charge in [0, 0.05) is 24.5 Å². The van der Waals surface area contributed by atoms with Crippen LogP contribution >= 0.6 is 0 Å². The van der Waals surface area contributed by atoms with Gasteiger partial charge in [-0.1, -0.05) is 6.07 Å². The highest BCUT2D eigenvalue weighted by molar-refractivity contribution is 5.94. The molecule has 1 amide bonds. The third-order valence-electron chi connectivity index (χ3n) is 3.84. The van der Waals surface area contributed by atoms with E-state index < -0.39 is 0 Å². The Kier molecular flexibility index (Phi) is 4.29. The normalized spacial score (nSPS) is 10.9. The van der Waals surface area contributed by atoms with E-state index in [2.05, 4.69) is 35.9 Å². The molecule has 10 heteroatoms. The van der Waals surface area contributed by atoms with Crippen LogP contribution in [0.2, 0.25) is 0 Å². The van der Waals surface area contributed by atoms with Crippen molar-refractivity contribution in [3.05, 3.63) is 60.4 Å². The van der Waals surface area contributed by atoms with Crippen LogP contribution in [0.1, 0.15) is 22.3 Å². The van der Waals surface area contributed by atoms with E-state index in [4.69, 9.17) is 0 Å². The predicted octanol–water partition coefficient (Wildman–Crippen LogP) is 0.463. The number of amides is 1. The highest BCUT2D eigenvalue weighted by Gasteiger charge is 2.07. The molecule has 0 radical (unpaired) electrons. The van der Waals surface area contributed by atoms with E-state index in [0.29, 0.717) is 17.9 Å². The number of carbonyl (C=O) groups excluding carboxylic acids is 1. The third kappa shape index (κ3) is 3.38. The minimum absolute atomic E-state index is 0.134. The lowest BCUT2D eigenvalue weighted by Gasteiger charge is -2.07. The van der Waals surface area contributed by atoms with Gasteiger partial charge in [0.2, 0.25) is 0 Å². The molecule has 3 heterocycles. The van der Waals surface area contributed by atoms with Crippen LogP contribution in [0.25, 0.3) is 11.5 Å². The molecule has 3 aromatic heterocycles. The Bertz CT molecular complexity index is 1030. The van der Waals surface area contributed by atoms with E-state index in [1.54, 1.807) is 28.9 Å². The Morgan fingerprint density at radius 3 is 3.08 bits per heavy atom. The van der Waals surface area contributed by atoms with Crippen LogP contribution in [-0.2, 0) is 6.42 Å². The van der Waals surface area contributed by atoms with Gasteiger partial charge < -0.3 is 5.32 Å². The van der Waals surface area contributed by atoms with Crippen LogP contribution in [0.15, 0.2) is 49.3 Å². The van der Waals surface area contributed by atoms with Gasteiger partial charge in [-0.3, -0.25) is 4.79 Å². The largest absolute Gasteiger partial charge is 0.352 e. The van der Waals surface area contributed by atoms with Crippen molar-refractivity contribution in [1.29, 1.82) is 0 Å². The van der Waals surface area contributed by atoms with Crippen LogP contribution in [-0.4, -0.2) is 52.2 Å². The van der Waals surface area contributed by atoms with E-state index in [-0.39, 0.29) is 5.91 Å². The molecule has 10 nitrogen and oxygen atoms in total. The first-order valence-corrected chi connectivity index (χ1v) is 8.05. The van der Waals surface area contributed by atoms with Crippen LogP contribution < -0.4 is 5.32 Å². The number of aromatic nitrogens is 8. The summed E-state index contributed by atoms with van der Waals surface area (Å²) in [6.45, 7) is 0.559. The summed E-state index contributed by atoms with van der Waals surface area (Å²) in [7, 11) is 0. The van der Waals surface area contributed by atoms with E-state index in [1.165, 1.54) is 17.3 Å².